The highest BCUT2D eigenvalue weighted by Gasteiger charge is 2.11. The summed E-state index contributed by atoms with van der Waals surface area (Å²) in [6.07, 6.45) is 3.06. The summed E-state index contributed by atoms with van der Waals surface area (Å²) in [7, 11) is 0. The molecule has 16 heavy (non-hydrogen) atoms. The number of aromatic nitrogens is 1. The third kappa shape index (κ3) is 1.91. The second kappa shape index (κ2) is 4.19. The van der Waals surface area contributed by atoms with Gasteiger partial charge < -0.3 is 8.97 Å². The first-order valence-electron chi connectivity index (χ1n) is 4.70. The highest BCUT2D eigenvalue weighted by atomic mass is 32.2. The van der Waals surface area contributed by atoms with Crippen molar-refractivity contribution in [2.45, 2.75) is 18.7 Å². The number of oxazole rings is 1. The molecule has 0 aliphatic rings. The predicted molar refractivity (Wildman–Crippen MR) is 58.6 cm³/mol. The van der Waals surface area contributed by atoms with Crippen molar-refractivity contribution in [3.63, 3.8) is 0 Å². The molecule has 1 atom stereocenters. The van der Waals surface area contributed by atoms with Crippen LogP contribution in [0.3, 0.4) is 0 Å². The van der Waals surface area contributed by atoms with Gasteiger partial charge in [0.25, 0.3) is 0 Å². The fourth-order valence-corrected chi connectivity index (χ4v) is 2.25. The molecule has 0 amide bonds. The van der Waals surface area contributed by atoms with Gasteiger partial charge >= 0.3 is 0 Å². The highest BCUT2D eigenvalue weighted by Crippen LogP contribution is 2.27. The molecule has 2 rings (SSSR count). The second-order valence-electron chi connectivity index (χ2n) is 3.50. The van der Waals surface area contributed by atoms with E-state index in [1.807, 2.05) is 13.8 Å². The first kappa shape index (κ1) is 11.0. The molecule has 1 aromatic carbocycles. The lowest BCUT2D eigenvalue weighted by atomic mass is 10.0. The Morgan fingerprint density at radius 2 is 1.94 bits per heavy atom. The summed E-state index contributed by atoms with van der Waals surface area (Å²) in [5, 5.41) is 0. The number of nitrogens with zero attached hydrogens (tertiary/aromatic N) is 1. The minimum absolute atomic E-state index is 0.283. The fourth-order valence-electron chi connectivity index (χ4n) is 1.70. The molecule has 4 nitrogen and oxygen atoms in total. The summed E-state index contributed by atoms with van der Waals surface area (Å²) >= 11 is -2.21. The summed E-state index contributed by atoms with van der Waals surface area (Å²) in [4.78, 5) is 4.34. The van der Waals surface area contributed by atoms with E-state index in [4.69, 9.17) is 4.42 Å². The third-order valence-corrected chi connectivity index (χ3v) is 2.97. The van der Waals surface area contributed by atoms with Gasteiger partial charge in [0, 0.05) is 10.5 Å². The van der Waals surface area contributed by atoms with Gasteiger partial charge in [-0.25, -0.2) is 4.98 Å². The fraction of sp³-hybridized carbons (Fsp3) is 0.182. The largest absolute Gasteiger partial charge is 0.768 e. The van der Waals surface area contributed by atoms with Gasteiger partial charge in [-0.2, -0.15) is 0 Å². The van der Waals surface area contributed by atoms with E-state index in [1.54, 1.807) is 18.3 Å². The third-order valence-electron chi connectivity index (χ3n) is 2.34. The Hall–Kier alpha value is -1.46. The summed E-state index contributed by atoms with van der Waals surface area (Å²) in [5.41, 5.74) is 2.52. The van der Waals surface area contributed by atoms with E-state index in [0.717, 1.165) is 16.7 Å². The lowest BCUT2D eigenvalue weighted by molar-refractivity contribution is 0.536. The Bertz CT molecular complexity index is 511. The average molecular weight is 236 g/mol. The molecule has 0 radical (unpaired) electrons. The van der Waals surface area contributed by atoms with Crippen molar-refractivity contribution in [1.82, 2.24) is 4.98 Å². The lowest BCUT2D eigenvalue weighted by Crippen LogP contribution is -1.95. The van der Waals surface area contributed by atoms with Crippen molar-refractivity contribution in [2.75, 3.05) is 0 Å². The zero-order valence-corrected chi connectivity index (χ0v) is 9.71. The van der Waals surface area contributed by atoms with Gasteiger partial charge in [-0.05, 0) is 48.2 Å². The minimum Gasteiger partial charge on any atom is -0.768 e. The average Bonchev–Trinajstić information content (AvgIpc) is 2.69. The number of hydrogen-bond donors (Lipinski definition) is 0. The molecule has 0 aliphatic heterocycles. The van der Waals surface area contributed by atoms with Crippen molar-refractivity contribution in [2.24, 2.45) is 0 Å². The summed E-state index contributed by atoms with van der Waals surface area (Å²) in [5.74, 6) is 0.512. The molecular weight excluding hydrogens is 226 g/mol. The quantitative estimate of drug-likeness (QED) is 0.750. The SMILES string of the molecule is Cc1cc(S(=O)[O-])cc(C)c1-c1ncco1. The smallest absolute Gasteiger partial charge is 0.226 e. The Kier molecular flexibility index (Phi) is 2.89. The van der Waals surface area contributed by atoms with Gasteiger partial charge in [0.1, 0.15) is 6.26 Å². The number of rotatable bonds is 2. The molecule has 2 aromatic rings. The molecule has 0 N–H and O–H groups in total. The Balaban J connectivity index is 2.61. The zero-order chi connectivity index (χ0) is 11.7. The molecule has 0 saturated heterocycles. The maximum Gasteiger partial charge on any atom is 0.226 e. The molecule has 1 unspecified atom stereocenters. The van der Waals surface area contributed by atoms with E-state index in [-0.39, 0.29) is 4.90 Å². The summed E-state index contributed by atoms with van der Waals surface area (Å²) in [6, 6.07) is 3.21. The molecule has 1 heterocycles. The molecule has 0 fully saturated rings. The van der Waals surface area contributed by atoms with Crippen LogP contribution in [0.2, 0.25) is 0 Å². The molecule has 0 spiro atoms. The maximum atomic E-state index is 10.9. The van der Waals surface area contributed by atoms with Crippen molar-refractivity contribution in [1.29, 1.82) is 0 Å². The van der Waals surface area contributed by atoms with Crippen LogP contribution < -0.4 is 0 Å². The van der Waals surface area contributed by atoms with E-state index in [2.05, 4.69) is 4.98 Å². The van der Waals surface area contributed by atoms with Gasteiger partial charge in [0.05, 0.1) is 6.20 Å². The van der Waals surface area contributed by atoms with E-state index >= 15 is 0 Å². The minimum atomic E-state index is -2.21. The summed E-state index contributed by atoms with van der Waals surface area (Å²) < 4.78 is 26.9. The van der Waals surface area contributed by atoms with E-state index < -0.39 is 11.1 Å². The second-order valence-corrected chi connectivity index (χ2v) is 4.44. The van der Waals surface area contributed by atoms with Gasteiger partial charge in [0.15, 0.2) is 0 Å². The van der Waals surface area contributed by atoms with E-state index in [0.29, 0.717) is 5.89 Å². The van der Waals surface area contributed by atoms with Crippen LogP contribution in [-0.4, -0.2) is 13.7 Å². The maximum absolute atomic E-state index is 10.9. The molecule has 0 aliphatic carbocycles. The Morgan fingerprint density at radius 1 is 1.31 bits per heavy atom. The van der Waals surface area contributed by atoms with Gasteiger partial charge in [-0.15, -0.1) is 0 Å². The Labute approximate surface area is 95.6 Å². The van der Waals surface area contributed by atoms with Crippen LogP contribution in [0.5, 0.6) is 0 Å². The Morgan fingerprint density at radius 3 is 2.38 bits per heavy atom. The molecule has 0 saturated carbocycles. The summed E-state index contributed by atoms with van der Waals surface area (Å²) in [6.45, 7) is 3.67. The number of aryl methyl sites for hydroxylation is 2. The highest BCUT2D eigenvalue weighted by molar-refractivity contribution is 7.79. The van der Waals surface area contributed by atoms with Crippen LogP contribution in [0, 0.1) is 13.8 Å². The first-order chi connectivity index (χ1) is 7.59. The van der Waals surface area contributed by atoms with Crippen molar-refractivity contribution >= 4 is 11.1 Å². The molecule has 1 aromatic heterocycles. The normalized spacial score (nSPS) is 12.7. The van der Waals surface area contributed by atoms with E-state index in [9.17, 15) is 8.76 Å². The molecule has 0 bridgehead atoms. The zero-order valence-electron chi connectivity index (χ0n) is 8.89. The van der Waals surface area contributed by atoms with Crippen LogP contribution >= 0.6 is 0 Å². The van der Waals surface area contributed by atoms with Crippen molar-refractivity contribution in [3.05, 3.63) is 35.7 Å². The number of hydrogen-bond acceptors (Lipinski definition) is 4. The van der Waals surface area contributed by atoms with Gasteiger partial charge in [0.2, 0.25) is 5.89 Å². The van der Waals surface area contributed by atoms with Crippen LogP contribution in [0.4, 0.5) is 0 Å². The van der Waals surface area contributed by atoms with Crippen LogP contribution in [0.1, 0.15) is 11.1 Å². The van der Waals surface area contributed by atoms with Crippen molar-refractivity contribution < 1.29 is 13.2 Å². The van der Waals surface area contributed by atoms with Crippen LogP contribution in [0.25, 0.3) is 11.5 Å². The molecule has 84 valence electrons. The van der Waals surface area contributed by atoms with Gasteiger partial charge in [-0.3, -0.25) is 4.21 Å². The topological polar surface area (TPSA) is 66.2 Å². The standard InChI is InChI=1S/C11H11NO3S/c1-7-5-9(16(13)14)6-8(2)10(7)11-12-3-4-15-11/h3-6H,1-2H3,(H,13,14)/p-1. The van der Waals surface area contributed by atoms with Crippen LogP contribution in [-0.2, 0) is 11.1 Å². The predicted octanol–water partition coefficient (Wildman–Crippen LogP) is 2.20. The first-order valence-corrected chi connectivity index (χ1v) is 5.77. The van der Waals surface area contributed by atoms with Gasteiger partial charge in [-0.1, -0.05) is 0 Å². The molecular formula is C11H10NO3S-. The molecule has 5 heteroatoms. The van der Waals surface area contributed by atoms with E-state index in [1.165, 1.54) is 6.26 Å². The lowest BCUT2D eigenvalue weighted by Gasteiger charge is -2.11. The monoisotopic (exact) mass is 236 g/mol. The number of benzene rings is 1. The van der Waals surface area contributed by atoms with Crippen LogP contribution in [0.15, 0.2) is 33.9 Å². The van der Waals surface area contributed by atoms with Crippen molar-refractivity contribution in [3.8, 4) is 11.5 Å².